The van der Waals surface area contributed by atoms with Crippen molar-refractivity contribution in [2.24, 2.45) is 5.92 Å². The zero-order valence-electron chi connectivity index (χ0n) is 9.86. The van der Waals surface area contributed by atoms with Crippen LogP contribution in [0.25, 0.3) is 0 Å². The standard InChI is InChI=1S/C11H17BrN2O2/c1-4-5-8(2)7-16-11-13-6-9(12)10(14-11)15-3/h6,8H,4-5,7H2,1-3H3. The first-order valence-electron chi connectivity index (χ1n) is 5.36. The van der Waals surface area contributed by atoms with Crippen LogP contribution in [0.5, 0.6) is 11.9 Å². The van der Waals surface area contributed by atoms with Crippen molar-refractivity contribution >= 4 is 15.9 Å². The third-order valence-electron chi connectivity index (χ3n) is 2.16. The normalized spacial score (nSPS) is 12.2. The smallest absolute Gasteiger partial charge is 0.319 e. The van der Waals surface area contributed by atoms with Crippen molar-refractivity contribution in [3.05, 3.63) is 10.7 Å². The molecule has 1 aromatic rings. The van der Waals surface area contributed by atoms with Gasteiger partial charge in [-0.2, -0.15) is 4.98 Å². The van der Waals surface area contributed by atoms with Crippen LogP contribution in [-0.4, -0.2) is 23.7 Å². The number of hydrogen-bond donors (Lipinski definition) is 0. The molecule has 0 fully saturated rings. The van der Waals surface area contributed by atoms with E-state index in [2.05, 4.69) is 39.7 Å². The highest BCUT2D eigenvalue weighted by Gasteiger charge is 2.07. The summed E-state index contributed by atoms with van der Waals surface area (Å²) in [6.07, 6.45) is 3.94. The summed E-state index contributed by atoms with van der Waals surface area (Å²) in [7, 11) is 1.57. The molecule has 1 rings (SSSR count). The number of ether oxygens (including phenoxy) is 2. The van der Waals surface area contributed by atoms with Crippen molar-refractivity contribution in [1.82, 2.24) is 9.97 Å². The third-order valence-corrected chi connectivity index (χ3v) is 2.71. The predicted molar refractivity (Wildman–Crippen MR) is 65.9 cm³/mol. The van der Waals surface area contributed by atoms with Gasteiger partial charge in [-0.3, -0.25) is 0 Å². The molecule has 1 atom stereocenters. The van der Waals surface area contributed by atoms with Crippen LogP contribution in [0, 0.1) is 5.92 Å². The van der Waals surface area contributed by atoms with Gasteiger partial charge >= 0.3 is 6.01 Å². The monoisotopic (exact) mass is 288 g/mol. The van der Waals surface area contributed by atoms with Crippen LogP contribution in [0.15, 0.2) is 10.7 Å². The molecule has 0 saturated heterocycles. The van der Waals surface area contributed by atoms with E-state index in [4.69, 9.17) is 9.47 Å². The summed E-state index contributed by atoms with van der Waals surface area (Å²) in [4.78, 5) is 8.18. The molecule has 90 valence electrons. The number of aromatic nitrogens is 2. The van der Waals surface area contributed by atoms with Crippen LogP contribution >= 0.6 is 15.9 Å². The lowest BCUT2D eigenvalue weighted by atomic mass is 10.1. The van der Waals surface area contributed by atoms with Gasteiger partial charge in [-0.1, -0.05) is 20.3 Å². The Hall–Kier alpha value is -0.840. The molecule has 0 aliphatic heterocycles. The summed E-state index contributed by atoms with van der Waals surface area (Å²) >= 11 is 3.29. The SMILES string of the molecule is CCCC(C)COc1ncc(Br)c(OC)n1. The first-order chi connectivity index (χ1) is 7.67. The first kappa shape index (κ1) is 13.2. The lowest BCUT2D eigenvalue weighted by Crippen LogP contribution is -2.10. The molecule has 0 aliphatic carbocycles. The van der Waals surface area contributed by atoms with E-state index >= 15 is 0 Å². The van der Waals surface area contributed by atoms with Crippen molar-refractivity contribution in [3.8, 4) is 11.9 Å². The van der Waals surface area contributed by atoms with Gasteiger partial charge in [0.05, 0.1) is 24.4 Å². The fourth-order valence-corrected chi connectivity index (χ4v) is 1.69. The van der Waals surface area contributed by atoms with E-state index in [1.165, 1.54) is 0 Å². The molecule has 4 nitrogen and oxygen atoms in total. The maximum absolute atomic E-state index is 5.49. The maximum atomic E-state index is 5.49. The number of methoxy groups -OCH3 is 1. The van der Waals surface area contributed by atoms with Gasteiger partial charge in [0.25, 0.3) is 0 Å². The summed E-state index contributed by atoms with van der Waals surface area (Å²) in [6, 6.07) is 0.364. The van der Waals surface area contributed by atoms with E-state index in [0.29, 0.717) is 24.4 Å². The molecule has 1 aromatic heterocycles. The van der Waals surface area contributed by atoms with E-state index in [1.54, 1.807) is 13.3 Å². The Balaban J connectivity index is 2.54. The minimum Gasteiger partial charge on any atom is -0.480 e. The number of hydrogen-bond acceptors (Lipinski definition) is 4. The highest BCUT2D eigenvalue weighted by atomic mass is 79.9. The zero-order valence-corrected chi connectivity index (χ0v) is 11.5. The average Bonchev–Trinajstić information content (AvgIpc) is 2.28. The van der Waals surface area contributed by atoms with E-state index < -0.39 is 0 Å². The van der Waals surface area contributed by atoms with Gasteiger partial charge in [0.2, 0.25) is 5.88 Å². The van der Waals surface area contributed by atoms with E-state index in [1.807, 2.05) is 0 Å². The van der Waals surface area contributed by atoms with Crippen LogP contribution in [0.4, 0.5) is 0 Å². The van der Waals surface area contributed by atoms with Crippen LogP contribution in [0.2, 0.25) is 0 Å². The fourth-order valence-electron chi connectivity index (χ4n) is 1.34. The second kappa shape index (κ2) is 6.68. The minimum atomic E-state index is 0.364. The molecule has 1 heterocycles. The molecule has 0 bridgehead atoms. The zero-order chi connectivity index (χ0) is 12.0. The van der Waals surface area contributed by atoms with Crippen LogP contribution in [0.3, 0.4) is 0 Å². The van der Waals surface area contributed by atoms with Crippen molar-refractivity contribution < 1.29 is 9.47 Å². The molecule has 0 saturated carbocycles. The van der Waals surface area contributed by atoms with Gasteiger partial charge in [-0.25, -0.2) is 4.98 Å². The Morgan fingerprint density at radius 2 is 2.25 bits per heavy atom. The summed E-state index contributed by atoms with van der Waals surface area (Å²) in [5.74, 6) is 1.01. The molecule has 0 aliphatic rings. The summed E-state index contributed by atoms with van der Waals surface area (Å²) < 4.78 is 11.3. The summed E-state index contributed by atoms with van der Waals surface area (Å²) in [6.45, 7) is 4.95. The predicted octanol–water partition coefficient (Wildman–Crippen LogP) is 3.06. The second-order valence-electron chi connectivity index (χ2n) is 3.71. The highest BCUT2D eigenvalue weighted by Crippen LogP contribution is 2.22. The Bertz CT molecular complexity index is 334. The fraction of sp³-hybridized carbons (Fsp3) is 0.636. The molecular weight excluding hydrogens is 272 g/mol. The third kappa shape index (κ3) is 3.96. The Morgan fingerprint density at radius 3 is 2.88 bits per heavy atom. The van der Waals surface area contributed by atoms with Gasteiger partial charge in [0.1, 0.15) is 0 Å². The quantitative estimate of drug-likeness (QED) is 0.807. The van der Waals surface area contributed by atoms with Crippen molar-refractivity contribution in [2.75, 3.05) is 13.7 Å². The average molecular weight is 289 g/mol. The molecule has 0 aromatic carbocycles. The van der Waals surface area contributed by atoms with Crippen molar-refractivity contribution in [3.63, 3.8) is 0 Å². The molecule has 16 heavy (non-hydrogen) atoms. The van der Waals surface area contributed by atoms with E-state index in [-0.39, 0.29) is 0 Å². The molecular formula is C11H17BrN2O2. The summed E-state index contributed by atoms with van der Waals surface area (Å²) in [5, 5.41) is 0. The second-order valence-corrected chi connectivity index (χ2v) is 4.57. The molecule has 0 N–H and O–H groups in total. The topological polar surface area (TPSA) is 44.2 Å². The Labute approximate surface area is 105 Å². The minimum absolute atomic E-state index is 0.364. The lowest BCUT2D eigenvalue weighted by molar-refractivity contribution is 0.230. The van der Waals surface area contributed by atoms with Gasteiger partial charge in [-0.15, -0.1) is 0 Å². The van der Waals surface area contributed by atoms with Crippen molar-refractivity contribution in [1.29, 1.82) is 0 Å². The maximum Gasteiger partial charge on any atom is 0.319 e. The van der Waals surface area contributed by atoms with Crippen LogP contribution in [-0.2, 0) is 0 Å². The largest absolute Gasteiger partial charge is 0.480 e. The van der Waals surface area contributed by atoms with E-state index in [9.17, 15) is 0 Å². The van der Waals surface area contributed by atoms with Gasteiger partial charge in [-0.05, 0) is 28.3 Å². The van der Waals surface area contributed by atoms with Crippen molar-refractivity contribution in [2.45, 2.75) is 26.7 Å². The molecule has 0 radical (unpaired) electrons. The first-order valence-corrected chi connectivity index (χ1v) is 6.16. The summed E-state index contributed by atoms with van der Waals surface area (Å²) in [5.41, 5.74) is 0. The van der Waals surface area contributed by atoms with E-state index in [0.717, 1.165) is 17.3 Å². The Morgan fingerprint density at radius 1 is 1.50 bits per heavy atom. The van der Waals surface area contributed by atoms with Crippen LogP contribution < -0.4 is 9.47 Å². The van der Waals surface area contributed by atoms with Gasteiger partial charge < -0.3 is 9.47 Å². The molecule has 5 heteroatoms. The Kier molecular flexibility index (Phi) is 5.52. The highest BCUT2D eigenvalue weighted by molar-refractivity contribution is 9.10. The van der Waals surface area contributed by atoms with Crippen LogP contribution in [0.1, 0.15) is 26.7 Å². The van der Waals surface area contributed by atoms with Gasteiger partial charge in [0.15, 0.2) is 0 Å². The lowest BCUT2D eigenvalue weighted by Gasteiger charge is -2.11. The number of halogens is 1. The van der Waals surface area contributed by atoms with Gasteiger partial charge in [0, 0.05) is 0 Å². The number of nitrogens with zero attached hydrogens (tertiary/aromatic N) is 2. The molecule has 1 unspecified atom stereocenters. The number of rotatable bonds is 6. The molecule has 0 amide bonds. The molecule has 0 spiro atoms.